The van der Waals surface area contributed by atoms with Crippen LogP contribution in [0.5, 0.6) is 5.75 Å². The van der Waals surface area contributed by atoms with Gasteiger partial charge in [0.15, 0.2) is 0 Å². The third-order valence-electron chi connectivity index (χ3n) is 11.8. The number of alkyl halides is 3. The van der Waals surface area contributed by atoms with Gasteiger partial charge < -0.3 is 25.2 Å². The highest BCUT2D eigenvalue weighted by Gasteiger charge is 2.30. The molecule has 0 heterocycles. The van der Waals surface area contributed by atoms with Gasteiger partial charge in [-0.1, -0.05) is 164 Å². The van der Waals surface area contributed by atoms with Gasteiger partial charge in [-0.3, -0.25) is 19.2 Å². The normalized spacial score (nSPS) is 10.9. The maximum Gasteiger partial charge on any atom is 0.416 e. The maximum absolute atomic E-state index is 12.5. The lowest BCUT2D eigenvalue weighted by atomic mass is 9.86. The molecule has 0 saturated heterocycles. The number of halogens is 8. The van der Waals surface area contributed by atoms with Crippen molar-refractivity contribution >= 4 is 81.9 Å². The van der Waals surface area contributed by atoms with Gasteiger partial charge in [0.25, 0.3) is 0 Å². The van der Waals surface area contributed by atoms with Crippen LogP contribution in [0.3, 0.4) is 0 Å². The van der Waals surface area contributed by atoms with E-state index in [-0.39, 0.29) is 31.1 Å². The molecule has 8 rings (SSSR count). The Morgan fingerprint density at radius 3 is 0.861 bits per heavy atom. The van der Waals surface area contributed by atoms with Gasteiger partial charge in [0.1, 0.15) is 5.75 Å². The lowest BCUT2D eigenvalue weighted by Gasteiger charge is -2.19. The van der Waals surface area contributed by atoms with E-state index >= 15 is 0 Å². The van der Waals surface area contributed by atoms with E-state index in [1.54, 1.807) is 67.8 Å². The molecule has 9 nitrogen and oxygen atoms in total. The quantitative estimate of drug-likeness (QED) is 0.0882. The lowest BCUT2D eigenvalue weighted by molar-refractivity contribution is -0.138. The fraction of sp³-hybridized carbons (Fsp3) is 0.161. The number of methoxy groups -OCH3 is 1. The van der Waals surface area contributed by atoms with Crippen LogP contribution in [0.1, 0.15) is 54.2 Å². The standard InChI is InChI=1S/C18H19ClO2.C15H10ClF3O2.C15H13ClO3.C14H10Cl2O2/c1-18(2,3)14-6-4-12(5-7-14)16-9-8-15(19)10-13(16)11-17(20)21;16-12-5-6-13(10(7-12)8-14(20)21)9-1-3-11(4-2-9)15(17,18)19;1-19-13-5-2-10(3-6-13)14-7-4-12(16)8-11(14)9-15(17)18;15-11-3-1-9(2-4-11)13-6-5-12(16)7-10(13)8-14(17)18/h4-10H,11H2,1-3H3,(H,20,21);1-7H,8H2,(H,20,21);2-8H,9H2,1H3,(H,17,18);1-7H,8H2,(H,17,18). The van der Waals surface area contributed by atoms with Crippen molar-refractivity contribution in [2.75, 3.05) is 7.11 Å². The van der Waals surface area contributed by atoms with Gasteiger partial charge in [0, 0.05) is 25.1 Å². The van der Waals surface area contributed by atoms with E-state index in [0.717, 1.165) is 56.8 Å². The number of hydrogen-bond acceptors (Lipinski definition) is 5. The second-order valence-electron chi connectivity index (χ2n) is 18.6. The summed E-state index contributed by atoms with van der Waals surface area (Å²) in [6, 6.07) is 48.2. The first kappa shape index (κ1) is 62.5. The molecular formula is C62H52Cl5F3O9. The summed E-state index contributed by atoms with van der Waals surface area (Å²) in [5.41, 5.74) is 9.76. The molecule has 8 aromatic rings. The van der Waals surface area contributed by atoms with Crippen molar-refractivity contribution in [3.63, 3.8) is 0 Å². The Kier molecular flexibility index (Phi) is 22.6. The molecule has 410 valence electrons. The van der Waals surface area contributed by atoms with Crippen LogP contribution in [0, 0.1) is 0 Å². The summed E-state index contributed by atoms with van der Waals surface area (Å²) < 4.78 is 42.7. The predicted molar refractivity (Wildman–Crippen MR) is 308 cm³/mol. The highest BCUT2D eigenvalue weighted by atomic mass is 35.5. The second-order valence-corrected chi connectivity index (χ2v) is 20.8. The van der Waals surface area contributed by atoms with Crippen molar-refractivity contribution in [3.05, 3.63) is 228 Å². The zero-order valence-electron chi connectivity index (χ0n) is 42.8. The molecule has 0 fully saturated rings. The minimum absolute atomic E-state index is 0.0308. The summed E-state index contributed by atoms with van der Waals surface area (Å²) in [5.74, 6) is -2.89. The van der Waals surface area contributed by atoms with E-state index in [0.29, 0.717) is 52.9 Å². The van der Waals surface area contributed by atoms with Crippen LogP contribution in [0.15, 0.2) is 170 Å². The highest BCUT2D eigenvalue weighted by Crippen LogP contribution is 2.35. The molecule has 0 unspecified atom stereocenters. The Morgan fingerprint density at radius 2 is 0.620 bits per heavy atom. The van der Waals surface area contributed by atoms with E-state index in [9.17, 15) is 32.3 Å². The van der Waals surface area contributed by atoms with Gasteiger partial charge in [-0.2, -0.15) is 13.2 Å². The monoisotopic (exact) mass is 1170 g/mol. The maximum atomic E-state index is 12.5. The van der Waals surface area contributed by atoms with Crippen molar-refractivity contribution in [2.24, 2.45) is 0 Å². The van der Waals surface area contributed by atoms with E-state index in [1.807, 2.05) is 66.7 Å². The van der Waals surface area contributed by atoms with Crippen molar-refractivity contribution < 1.29 is 57.5 Å². The molecule has 0 atom stereocenters. The third-order valence-corrected chi connectivity index (χ3v) is 13.0. The van der Waals surface area contributed by atoms with Crippen LogP contribution in [-0.2, 0) is 56.5 Å². The van der Waals surface area contributed by atoms with Gasteiger partial charge in [0.05, 0.1) is 38.4 Å². The first-order valence-corrected chi connectivity index (χ1v) is 25.8. The van der Waals surface area contributed by atoms with Crippen LogP contribution in [0.25, 0.3) is 44.5 Å². The number of hydrogen-bond donors (Lipinski definition) is 4. The van der Waals surface area contributed by atoms with Crippen LogP contribution >= 0.6 is 58.0 Å². The molecule has 79 heavy (non-hydrogen) atoms. The van der Waals surface area contributed by atoms with E-state index in [2.05, 4.69) is 32.9 Å². The predicted octanol–water partition coefficient (Wildman–Crippen LogP) is 17.5. The van der Waals surface area contributed by atoms with Gasteiger partial charge >= 0.3 is 30.1 Å². The summed E-state index contributed by atoms with van der Waals surface area (Å²) in [4.78, 5) is 43.6. The van der Waals surface area contributed by atoms with Crippen LogP contribution in [0.2, 0.25) is 25.1 Å². The average molecular weight is 1180 g/mol. The summed E-state index contributed by atoms with van der Waals surface area (Å²) in [5, 5.41) is 38.4. The Hall–Kier alpha value is -7.32. The summed E-state index contributed by atoms with van der Waals surface area (Å²) in [6.45, 7) is 6.50. The van der Waals surface area contributed by atoms with Gasteiger partial charge in [-0.05, 0) is 163 Å². The second kappa shape index (κ2) is 28.5. The summed E-state index contributed by atoms with van der Waals surface area (Å²) in [6.07, 6.45) is -4.79. The number of carbonyl (C=O) groups is 4. The number of aliphatic carboxylic acids is 4. The molecule has 0 bridgehead atoms. The minimum Gasteiger partial charge on any atom is -0.497 e. The van der Waals surface area contributed by atoms with Gasteiger partial charge in [-0.25, -0.2) is 0 Å². The molecule has 0 aliphatic carbocycles. The fourth-order valence-corrected chi connectivity index (χ4v) is 8.91. The Labute approximate surface area is 480 Å². The average Bonchev–Trinajstić information content (AvgIpc) is 3.41. The topological polar surface area (TPSA) is 158 Å². The minimum atomic E-state index is -4.40. The zero-order chi connectivity index (χ0) is 58.2. The van der Waals surface area contributed by atoms with Crippen molar-refractivity contribution in [1.29, 1.82) is 0 Å². The van der Waals surface area contributed by atoms with E-state index < -0.39 is 35.6 Å². The molecule has 0 spiro atoms. The summed E-state index contributed by atoms with van der Waals surface area (Å²) >= 11 is 29.5. The SMILES string of the molecule is CC(C)(C)c1ccc(-c2ccc(Cl)cc2CC(=O)O)cc1.COc1ccc(-c2ccc(Cl)cc2CC(=O)O)cc1.O=C(O)Cc1cc(Cl)ccc1-c1ccc(C(F)(F)F)cc1.O=C(O)Cc1cc(Cl)ccc1-c1ccc(Cl)cc1. The number of benzene rings is 8. The van der Waals surface area contributed by atoms with Crippen LogP contribution in [-0.4, -0.2) is 51.4 Å². The molecule has 0 radical (unpaired) electrons. The smallest absolute Gasteiger partial charge is 0.416 e. The number of rotatable bonds is 13. The molecule has 0 aliphatic rings. The number of ether oxygens (including phenoxy) is 1. The number of carboxylic acid groups (broad SMARTS) is 4. The highest BCUT2D eigenvalue weighted by molar-refractivity contribution is 6.32. The first-order valence-electron chi connectivity index (χ1n) is 23.9. The molecule has 0 aromatic heterocycles. The Balaban J connectivity index is 0.000000194. The number of carboxylic acids is 4. The summed E-state index contributed by atoms with van der Waals surface area (Å²) in [7, 11) is 1.60. The molecule has 0 amide bonds. The Morgan fingerprint density at radius 1 is 0.380 bits per heavy atom. The molecule has 17 heteroatoms. The van der Waals surface area contributed by atoms with Crippen molar-refractivity contribution in [3.8, 4) is 50.3 Å². The van der Waals surface area contributed by atoms with Gasteiger partial charge in [-0.15, -0.1) is 0 Å². The van der Waals surface area contributed by atoms with E-state index in [1.165, 1.54) is 23.8 Å². The Bertz CT molecular complexity index is 3280. The molecule has 4 N–H and O–H groups in total. The molecular weight excluding hydrogens is 1120 g/mol. The lowest BCUT2D eigenvalue weighted by Crippen LogP contribution is -2.10. The third kappa shape index (κ3) is 19.5. The zero-order valence-corrected chi connectivity index (χ0v) is 46.6. The van der Waals surface area contributed by atoms with Crippen molar-refractivity contribution in [1.82, 2.24) is 0 Å². The fourth-order valence-electron chi connectivity index (χ4n) is 8.00. The largest absolute Gasteiger partial charge is 0.497 e. The molecule has 8 aromatic carbocycles. The first-order chi connectivity index (χ1) is 37.2. The van der Waals surface area contributed by atoms with Crippen LogP contribution in [0.4, 0.5) is 13.2 Å². The van der Waals surface area contributed by atoms with Crippen LogP contribution < -0.4 is 4.74 Å². The molecule has 0 aliphatic heterocycles. The molecule has 0 saturated carbocycles. The van der Waals surface area contributed by atoms with Gasteiger partial charge in [0.2, 0.25) is 0 Å². The van der Waals surface area contributed by atoms with E-state index in [4.69, 9.17) is 83.2 Å². The van der Waals surface area contributed by atoms with Crippen molar-refractivity contribution in [2.45, 2.75) is 58.0 Å².